The van der Waals surface area contributed by atoms with Crippen LogP contribution in [0, 0.1) is 10.8 Å². The molecule has 0 amide bonds. The lowest BCUT2D eigenvalue weighted by atomic mass is 9.90. The second-order valence-corrected chi connectivity index (χ2v) is 11.9. The molecule has 0 heterocycles. The van der Waals surface area contributed by atoms with Gasteiger partial charge in [-0.15, -0.1) is 0 Å². The van der Waals surface area contributed by atoms with Crippen LogP contribution in [-0.2, 0) is 21.6 Å². The molecule has 0 aliphatic carbocycles. The summed E-state index contributed by atoms with van der Waals surface area (Å²) in [5, 5.41) is 14.8. The van der Waals surface area contributed by atoms with Gasteiger partial charge in [-0.05, 0) is 53.5 Å². The molecule has 198 valence electrons. The van der Waals surface area contributed by atoms with E-state index in [1.807, 2.05) is 66.7 Å². The highest BCUT2D eigenvalue weighted by Crippen LogP contribution is 2.35. The average Bonchev–Trinajstić information content (AvgIpc) is 2.76. The first-order valence-corrected chi connectivity index (χ1v) is 12.7. The Hall–Kier alpha value is -2.70. The quantitative estimate of drug-likeness (QED) is 0.232. The summed E-state index contributed by atoms with van der Waals surface area (Å²) in [7, 11) is 0. The third-order valence-corrected chi connectivity index (χ3v) is 5.71. The molecule has 1 atom stereocenters. The van der Waals surface area contributed by atoms with Crippen LogP contribution >= 0.6 is 0 Å². The molecule has 0 saturated carbocycles. The van der Waals surface area contributed by atoms with Crippen LogP contribution < -0.4 is 14.8 Å². The van der Waals surface area contributed by atoms with E-state index in [1.165, 1.54) is 5.56 Å². The lowest BCUT2D eigenvalue weighted by Crippen LogP contribution is -2.38. The van der Waals surface area contributed by atoms with Gasteiger partial charge in [0.1, 0.15) is 5.60 Å². The summed E-state index contributed by atoms with van der Waals surface area (Å²) in [5.41, 5.74) is 0.125. The summed E-state index contributed by atoms with van der Waals surface area (Å²) in [6, 6.07) is 15.1. The molecule has 6 nitrogen and oxygen atoms in total. The molecule has 0 aliphatic rings. The van der Waals surface area contributed by atoms with Gasteiger partial charge in [-0.3, -0.25) is 9.59 Å². The van der Waals surface area contributed by atoms with E-state index in [9.17, 15) is 14.7 Å². The van der Waals surface area contributed by atoms with Crippen molar-refractivity contribution in [2.45, 2.75) is 79.8 Å². The second-order valence-electron chi connectivity index (χ2n) is 11.9. The van der Waals surface area contributed by atoms with Gasteiger partial charge in [-0.1, -0.05) is 84.9 Å². The zero-order chi connectivity index (χ0) is 27.0. The van der Waals surface area contributed by atoms with E-state index in [-0.39, 0.29) is 35.2 Å². The number of carbonyl (C=O) groups is 2. The smallest absolute Gasteiger partial charge is 0.311 e. The summed E-state index contributed by atoms with van der Waals surface area (Å²) >= 11 is 0. The van der Waals surface area contributed by atoms with Crippen molar-refractivity contribution in [3.8, 4) is 11.5 Å². The van der Waals surface area contributed by atoms with Gasteiger partial charge in [0.05, 0.1) is 12.8 Å². The molecule has 0 radical (unpaired) electrons. The summed E-state index contributed by atoms with van der Waals surface area (Å²) < 4.78 is 11.3. The first-order chi connectivity index (χ1) is 16.7. The van der Waals surface area contributed by atoms with Gasteiger partial charge < -0.3 is 19.9 Å². The molecule has 2 aromatic rings. The maximum Gasteiger partial charge on any atom is 0.311 e. The molecule has 0 spiro atoms. The number of aliphatic hydroxyl groups is 1. The summed E-state index contributed by atoms with van der Waals surface area (Å²) in [4.78, 5) is 25.1. The van der Waals surface area contributed by atoms with Crippen molar-refractivity contribution in [3.63, 3.8) is 0 Å². The van der Waals surface area contributed by atoms with Crippen LogP contribution in [0.15, 0.2) is 48.5 Å². The minimum absolute atomic E-state index is 0.139. The van der Waals surface area contributed by atoms with E-state index < -0.39 is 17.5 Å². The Balaban J connectivity index is 2.23. The van der Waals surface area contributed by atoms with E-state index in [4.69, 9.17) is 9.47 Å². The minimum Gasteiger partial charge on any atom is -0.423 e. The van der Waals surface area contributed by atoms with E-state index in [2.05, 4.69) is 17.4 Å². The van der Waals surface area contributed by atoms with Crippen LogP contribution in [0.4, 0.5) is 0 Å². The number of nitrogens with one attached hydrogen (secondary N) is 1. The maximum absolute atomic E-state index is 12.6. The van der Waals surface area contributed by atoms with Crippen LogP contribution in [0.5, 0.6) is 11.5 Å². The van der Waals surface area contributed by atoms with E-state index in [0.717, 1.165) is 6.42 Å². The Morgan fingerprint density at radius 3 is 1.92 bits per heavy atom. The lowest BCUT2D eigenvalue weighted by Gasteiger charge is -2.29. The molecule has 0 fully saturated rings. The molecule has 0 saturated heterocycles. The van der Waals surface area contributed by atoms with Gasteiger partial charge in [0.25, 0.3) is 0 Å². The molecular formula is C30H43NO5. The lowest BCUT2D eigenvalue weighted by molar-refractivity contribution is -0.139. The molecule has 0 bridgehead atoms. The highest BCUT2D eigenvalue weighted by molar-refractivity contribution is 5.77. The SMILES string of the molecule is CCC(O)(CNCCc1ccccc1)c1ccc(OC(=O)CC(C)(C)C)c(OC(=O)CC(C)(C)C)c1. The Bertz CT molecular complexity index is 1000. The standard InChI is InChI=1S/C30H43NO5/c1-8-30(34,21-31-17-16-22-12-10-9-11-13-22)23-14-15-24(35-26(32)19-28(2,3)4)25(18-23)36-27(33)20-29(5,6)7/h9-15,18,31,34H,8,16-17,19-21H2,1-7H3. The molecule has 36 heavy (non-hydrogen) atoms. The van der Waals surface area contributed by atoms with Gasteiger partial charge in [-0.25, -0.2) is 0 Å². The molecule has 0 aromatic heterocycles. The molecular weight excluding hydrogens is 454 g/mol. The van der Waals surface area contributed by atoms with Crippen molar-refractivity contribution in [2.24, 2.45) is 10.8 Å². The van der Waals surface area contributed by atoms with Crippen LogP contribution in [0.3, 0.4) is 0 Å². The summed E-state index contributed by atoms with van der Waals surface area (Å²) in [5.74, 6) is -0.517. The first-order valence-electron chi connectivity index (χ1n) is 12.7. The highest BCUT2D eigenvalue weighted by atomic mass is 16.6. The van der Waals surface area contributed by atoms with Crippen LogP contribution in [0.1, 0.15) is 78.9 Å². The van der Waals surface area contributed by atoms with Crippen molar-refractivity contribution >= 4 is 11.9 Å². The highest BCUT2D eigenvalue weighted by Gasteiger charge is 2.29. The number of benzene rings is 2. The largest absolute Gasteiger partial charge is 0.423 e. The van der Waals surface area contributed by atoms with Crippen molar-refractivity contribution < 1.29 is 24.2 Å². The topological polar surface area (TPSA) is 84.9 Å². The second kappa shape index (κ2) is 12.5. The fourth-order valence-electron chi connectivity index (χ4n) is 3.75. The Morgan fingerprint density at radius 2 is 1.39 bits per heavy atom. The van der Waals surface area contributed by atoms with Crippen molar-refractivity contribution in [1.82, 2.24) is 5.32 Å². The number of ether oxygens (including phenoxy) is 2. The van der Waals surface area contributed by atoms with Gasteiger partial charge in [0.2, 0.25) is 0 Å². The zero-order valence-electron chi connectivity index (χ0n) is 22.9. The maximum atomic E-state index is 12.6. The third-order valence-electron chi connectivity index (χ3n) is 5.71. The van der Waals surface area contributed by atoms with Gasteiger partial charge in [-0.2, -0.15) is 0 Å². The average molecular weight is 498 g/mol. The minimum atomic E-state index is -1.18. The normalized spacial score (nSPS) is 13.7. The molecule has 1 unspecified atom stereocenters. The van der Waals surface area contributed by atoms with Crippen LogP contribution in [-0.4, -0.2) is 30.1 Å². The van der Waals surface area contributed by atoms with Crippen molar-refractivity contribution in [1.29, 1.82) is 0 Å². The van der Waals surface area contributed by atoms with Crippen molar-refractivity contribution in [2.75, 3.05) is 13.1 Å². The summed E-state index contributed by atoms with van der Waals surface area (Å²) in [6.07, 6.45) is 1.71. The predicted molar refractivity (Wildman–Crippen MR) is 143 cm³/mol. The number of rotatable bonds is 11. The molecule has 2 N–H and O–H groups in total. The number of hydrogen-bond donors (Lipinski definition) is 2. The van der Waals surface area contributed by atoms with Gasteiger partial charge in [0.15, 0.2) is 11.5 Å². The monoisotopic (exact) mass is 497 g/mol. The third kappa shape index (κ3) is 10.1. The molecule has 0 aliphatic heterocycles. The Labute approximate surface area is 216 Å². The molecule has 2 rings (SSSR count). The van der Waals surface area contributed by atoms with E-state index in [0.29, 0.717) is 25.1 Å². The Morgan fingerprint density at radius 1 is 0.833 bits per heavy atom. The molecule has 2 aromatic carbocycles. The fraction of sp³-hybridized carbons (Fsp3) is 0.533. The van der Waals surface area contributed by atoms with Crippen molar-refractivity contribution in [3.05, 3.63) is 59.7 Å². The zero-order valence-corrected chi connectivity index (χ0v) is 22.9. The van der Waals surface area contributed by atoms with E-state index in [1.54, 1.807) is 18.2 Å². The predicted octanol–water partition coefficient (Wildman–Crippen LogP) is 5.80. The molecule has 6 heteroatoms. The van der Waals surface area contributed by atoms with E-state index >= 15 is 0 Å². The van der Waals surface area contributed by atoms with Crippen LogP contribution in [0.25, 0.3) is 0 Å². The number of esters is 2. The van der Waals surface area contributed by atoms with Gasteiger partial charge in [0, 0.05) is 6.54 Å². The fourth-order valence-corrected chi connectivity index (χ4v) is 3.75. The first kappa shape index (κ1) is 29.5. The Kier molecular flexibility index (Phi) is 10.3. The number of hydrogen-bond acceptors (Lipinski definition) is 6. The number of carbonyl (C=O) groups excluding carboxylic acids is 2. The van der Waals surface area contributed by atoms with Gasteiger partial charge >= 0.3 is 11.9 Å². The van der Waals surface area contributed by atoms with Crippen LogP contribution in [0.2, 0.25) is 0 Å². The summed E-state index contributed by atoms with van der Waals surface area (Å²) in [6.45, 7) is 14.7.